The molecule has 21 heavy (non-hydrogen) atoms. The predicted octanol–water partition coefficient (Wildman–Crippen LogP) is 0.378. The molecule has 0 aliphatic rings. The number of likely N-dealkylation sites (N-methyl/N-ethyl adjacent to an activating group) is 1. The van der Waals surface area contributed by atoms with E-state index in [0.717, 1.165) is 0 Å². The monoisotopic (exact) mass is 287 g/mol. The van der Waals surface area contributed by atoms with Crippen LogP contribution in [0.5, 0.6) is 0 Å². The van der Waals surface area contributed by atoms with Gasteiger partial charge in [0.15, 0.2) is 0 Å². The van der Waals surface area contributed by atoms with Gasteiger partial charge in [-0.05, 0) is 13.8 Å². The molecule has 7 nitrogen and oxygen atoms in total. The maximum Gasteiger partial charge on any atom is 0.254 e. The number of aromatic amines is 1. The smallest absolute Gasteiger partial charge is 0.254 e. The zero-order valence-electron chi connectivity index (χ0n) is 12.3. The normalized spacial score (nSPS) is 10.4. The Kier molecular flexibility index (Phi) is 4.42. The summed E-state index contributed by atoms with van der Waals surface area (Å²) in [4.78, 5) is 40.5. The molecular formula is C14H17N5O2. The number of nitrogens with one attached hydrogen (secondary N) is 1. The molecule has 0 aromatic carbocycles. The van der Waals surface area contributed by atoms with Crippen molar-refractivity contribution in [1.82, 2.24) is 24.8 Å². The van der Waals surface area contributed by atoms with Gasteiger partial charge in [-0.3, -0.25) is 19.6 Å². The molecule has 0 aliphatic heterocycles. The van der Waals surface area contributed by atoms with Crippen LogP contribution in [-0.2, 0) is 17.8 Å². The van der Waals surface area contributed by atoms with Gasteiger partial charge in [0.25, 0.3) is 5.56 Å². The van der Waals surface area contributed by atoms with Gasteiger partial charge in [-0.15, -0.1) is 0 Å². The van der Waals surface area contributed by atoms with Gasteiger partial charge in [-0.25, -0.2) is 4.98 Å². The van der Waals surface area contributed by atoms with Gasteiger partial charge in [-0.2, -0.15) is 0 Å². The fourth-order valence-corrected chi connectivity index (χ4v) is 1.99. The van der Waals surface area contributed by atoms with E-state index in [1.807, 2.05) is 0 Å². The van der Waals surface area contributed by atoms with Crippen molar-refractivity contribution in [3.8, 4) is 0 Å². The summed E-state index contributed by atoms with van der Waals surface area (Å²) in [5.41, 5.74) is 1.41. The van der Waals surface area contributed by atoms with Gasteiger partial charge in [0.05, 0.1) is 24.9 Å². The molecule has 110 valence electrons. The Labute approximate surface area is 122 Å². The molecule has 1 N–H and O–H groups in total. The van der Waals surface area contributed by atoms with E-state index in [9.17, 15) is 9.59 Å². The zero-order valence-corrected chi connectivity index (χ0v) is 12.3. The van der Waals surface area contributed by atoms with Crippen molar-refractivity contribution < 1.29 is 4.79 Å². The van der Waals surface area contributed by atoms with Gasteiger partial charge in [0.2, 0.25) is 5.91 Å². The Bertz CT molecular complexity index is 696. The van der Waals surface area contributed by atoms with E-state index in [1.54, 1.807) is 39.5 Å². The number of nitrogens with zero attached hydrogens (tertiary/aromatic N) is 4. The molecule has 0 radical (unpaired) electrons. The van der Waals surface area contributed by atoms with E-state index in [-0.39, 0.29) is 17.9 Å². The van der Waals surface area contributed by atoms with Gasteiger partial charge >= 0.3 is 0 Å². The molecule has 0 saturated heterocycles. The first-order chi connectivity index (χ1) is 9.97. The van der Waals surface area contributed by atoms with Crippen LogP contribution in [0.15, 0.2) is 23.4 Å². The highest BCUT2D eigenvalue weighted by molar-refractivity contribution is 5.78. The minimum atomic E-state index is -0.263. The number of hydrogen-bond acceptors (Lipinski definition) is 5. The van der Waals surface area contributed by atoms with Crippen molar-refractivity contribution in [1.29, 1.82) is 0 Å². The molecule has 0 saturated carbocycles. The maximum absolute atomic E-state index is 12.2. The lowest BCUT2D eigenvalue weighted by Gasteiger charge is -2.16. The van der Waals surface area contributed by atoms with Gasteiger partial charge < -0.3 is 9.88 Å². The van der Waals surface area contributed by atoms with E-state index in [2.05, 4.69) is 19.9 Å². The summed E-state index contributed by atoms with van der Waals surface area (Å²) in [5, 5.41) is 0. The second kappa shape index (κ2) is 6.25. The number of aryl methyl sites for hydroxylation is 2. The molecule has 2 rings (SSSR count). The van der Waals surface area contributed by atoms with Crippen molar-refractivity contribution in [3.05, 3.63) is 51.7 Å². The molecule has 2 aromatic rings. The lowest BCUT2D eigenvalue weighted by Crippen LogP contribution is -2.31. The number of carbonyl (C=O) groups is 1. The average molecular weight is 287 g/mol. The summed E-state index contributed by atoms with van der Waals surface area (Å²) in [6.07, 6.45) is 4.78. The number of aromatic nitrogens is 4. The van der Waals surface area contributed by atoms with Crippen molar-refractivity contribution >= 4 is 5.91 Å². The zero-order chi connectivity index (χ0) is 15.4. The van der Waals surface area contributed by atoms with Crippen LogP contribution < -0.4 is 5.56 Å². The van der Waals surface area contributed by atoms with E-state index in [1.165, 1.54) is 4.90 Å². The largest absolute Gasteiger partial charge is 0.340 e. The van der Waals surface area contributed by atoms with Crippen LogP contribution in [0.2, 0.25) is 0 Å². The van der Waals surface area contributed by atoms with Crippen LogP contribution >= 0.6 is 0 Å². The molecule has 0 spiro atoms. The molecular weight excluding hydrogens is 270 g/mol. The second-order valence-corrected chi connectivity index (χ2v) is 4.84. The molecule has 2 aromatic heterocycles. The van der Waals surface area contributed by atoms with Crippen molar-refractivity contribution in [3.63, 3.8) is 0 Å². The molecule has 0 bridgehead atoms. The third-order valence-electron chi connectivity index (χ3n) is 3.11. The topological polar surface area (TPSA) is 91.8 Å². The molecule has 7 heteroatoms. The molecule has 1 amide bonds. The number of carbonyl (C=O) groups excluding carboxylic acids is 1. The highest BCUT2D eigenvalue weighted by Crippen LogP contribution is 2.04. The summed E-state index contributed by atoms with van der Waals surface area (Å²) in [6, 6.07) is 0. The SMILES string of the molecule is Cc1nc(C)c(CC(=O)N(C)Cc2cnccn2)c(=O)[nH]1. The number of H-pyrrole nitrogens is 1. The van der Waals surface area contributed by atoms with Crippen LogP contribution in [0.25, 0.3) is 0 Å². The van der Waals surface area contributed by atoms with Crippen molar-refractivity contribution in [2.75, 3.05) is 7.05 Å². The maximum atomic E-state index is 12.2. The fraction of sp³-hybridized carbons (Fsp3) is 0.357. The summed E-state index contributed by atoms with van der Waals surface area (Å²) in [5.74, 6) is 0.376. The summed E-state index contributed by atoms with van der Waals surface area (Å²) in [7, 11) is 1.67. The van der Waals surface area contributed by atoms with Crippen molar-refractivity contribution in [2.24, 2.45) is 0 Å². The third kappa shape index (κ3) is 3.71. The van der Waals surface area contributed by atoms with Crippen LogP contribution in [0.4, 0.5) is 0 Å². The van der Waals surface area contributed by atoms with Gasteiger partial charge in [0, 0.05) is 30.7 Å². The summed E-state index contributed by atoms with van der Waals surface area (Å²) >= 11 is 0. The van der Waals surface area contributed by atoms with Crippen LogP contribution in [0.1, 0.15) is 22.8 Å². The Morgan fingerprint density at radius 1 is 1.33 bits per heavy atom. The Hall–Kier alpha value is -2.57. The molecule has 0 atom stereocenters. The lowest BCUT2D eigenvalue weighted by atomic mass is 10.1. The highest BCUT2D eigenvalue weighted by atomic mass is 16.2. The minimum absolute atomic E-state index is 0.0191. The second-order valence-electron chi connectivity index (χ2n) is 4.84. The van der Waals surface area contributed by atoms with E-state index in [4.69, 9.17) is 0 Å². The van der Waals surface area contributed by atoms with E-state index in [0.29, 0.717) is 29.3 Å². The predicted molar refractivity (Wildman–Crippen MR) is 76.5 cm³/mol. The fourth-order valence-electron chi connectivity index (χ4n) is 1.99. The van der Waals surface area contributed by atoms with Crippen LogP contribution in [0, 0.1) is 13.8 Å². The molecule has 0 fully saturated rings. The molecule has 0 aliphatic carbocycles. The summed E-state index contributed by atoms with van der Waals surface area (Å²) < 4.78 is 0. The van der Waals surface area contributed by atoms with Crippen LogP contribution in [-0.4, -0.2) is 37.8 Å². The lowest BCUT2D eigenvalue weighted by molar-refractivity contribution is -0.129. The third-order valence-corrected chi connectivity index (χ3v) is 3.11. The Balaban J connectivity index is 2.10. The highest BCUT2D eigenvalue weighted by Gasteiger charge is 2.15. The first kappa shape index (κ1) is 14.8. The van der Waals surface area contributed by atoms with Crippen molar-refractivity contribution in [2.45, 2.75) is 26.8 Å². The van der Waals surface area contributed by atoms with Crippen LogP contribution in [0.3, 0.4) is 0 Å². The van der Waals surface area contributed by atoms with Gasteiger partial charge in [-0.1, -0.05) is 0 Å². The Morgan fingerprint density at radius 3 is 2.71 bits per heavy atom. The quantitative estimate of drug-likeness (QED) is 0.877. The van der Waals surface area contributed by atoms with Gasteiger partial charge in [0.1, 0.15) is 5.82 Å². The average Bonchev–Trinajstić information content (AvgIpc) is 2.43. The molecule has 2 heterocycles. The van der Waals surface area contributed by atoms with E-state index < -0.39 is 0 Å². The standard InChI is InChI=1S/C14H17N5O2/c1-9-12(14(21)18-10(2)17-9)6-13(20)19(3)8-11-7-15-4-5-16-11/h4-5,7H,6,8H2,1-3H3,(H,17,18,21). The minimum Gasteiger partial charge on any atom is -0.340 e. The number of amides is 1. The Morgan fingerprint density at radius 2 is 2.10 bits per heavy atom. The number of rotatable bonds is 4. The first-order valence-corrected chi connectivity index (χ1v) is 6.52. The summed E-state index contributed by atoms with van der Waals surface area (Å²) in [6.45, 7) is 3.79. The van der Waals surface area contributed by atoms with E-state index >= 15 is 0 Å². The number of hydrogen-bond donors (Lipinski definition) is 1. The first-order valence-electron chi connectivity index (χ1n) is 6.52. The molecule has 0 unspecified atom stereocenters.